The van der Waals surface area contributed by atoms with Crippen molar-refractivity contribution < 1.29 is 24.1 Å². The Balaban J connectivity index is 2.25. The van der Waals surface area contributed by atoms with Gasteiger partial charge in [-0.25, -0.2) is 0 Å². The molecule has 1 N–H and O–H groups in total. The van der Waals surface area contributed by atoms with E-state index in [9.17, 15) is 5.11 Å². The van der Waals surface area contributed by atoms with Gasteiger partial charge in [0.1, 0.15) is 12.2 Å². The highest BCUT2D eigenvalue weighted by Gasteiger charge is 2.33. The molecular weight excluding hydrogens is 260 g/mol. The van der Waals surface area contributed by atoms with Gasteiger partial charge in [0.25, 0.3) is 0 Å². The first-order chi connectivity index (χ1) is 9.71. The van der Waals surface area contributed by atoms with Crippen molar-refractivity contribution in [2.24, 2.45) is 0 Å². The third kappa shape index (κ3) is 3.35. The predicted molar refractivity (Wildman–Crippen MR) is 74.6 cm³/mol. The van der Waals surface area contributed by atoms with Gasteiger partial charge < -0.3 is 24.1 Å². The van der Waals surface area contributed by atoms with Crippen molar-refractivity contribution in [3.05, 3.63) is 17.7 Å². The normalized spacial score (nSPS) is 18.5. The summed E-state index contributed by atoms with van der Waals surface area (Å²) in [6.45, 7) is 3.30. The molecule has 0 aromatic heterocycles. The summed E-state index contributed by atoms with van der Waals surface area (Å²) in [6.07, 6.45) is 1.23. The maximum absolute atomic E-state index is 10.1. The molecule has 1 heterocycles. The first-order valence-electron chi connectivity index (χ1n) is 6.89. The molecule has 5 heteroatoms. The van der Waals surface area contributed by atoms with Crippen LogP contribution in [0.3, 0.4) is 0 Å². The molecule has 0 unspecified atom stereocenters. The molecule has 5 nitrogen and oxygen atoms in total. The average molecular weight is 282 g/mol. The Hall–Kier alpha value is -1.46. The number of epoxide rings is 1. The minimum Gasteiger partial charge on any atom is -0.493 e. The monoisotopic (exact) mass is 282 g/mol. The summed E-state index contributed by atoms with van der Waals surface area (Å²) < 4.78 is 21.6. The molecule has 1 aliphatic rings. The summed E-state index contributed by atoms with van der Waals surface area (Å²) >= 11 is 0. The average Bonchev–Trinajstić information content (AvgIpc) is 3.31. The van der Waals surface area contributed by atoms with Gasteiger partial charge in [-0.15, -0.1) is 0 Å². The van der Waals surface area contributed by atoms with Gasteiger partial charge in [0.2, 0.25) is 5.75 Å². The van der Waals surface area contributed by atoms with E-state index in [2.05, 4.69) is 6.92 Å². The zero-order valence-electron chi connectivity index (χ0n) is 12.2. The molecule has 20 heavy (non-hydrogen) atoms. The van der Waals surface area contributed by atoms with Crippen LogP contribution in [0.2, 0.25) is 0 Å². The summed E-state index contributed by atoms with van der Waals surface area (Å²) in [5.41, 5.74) is 0.712. The van der Waals surface area contributed by atoms with Crippen LogP contribution in [0, 0.1) is 0 Å². The Kier molecular flexibility index (Phi) is 5.09. The van der Waals surface area contributed by atoms with Crippen LogP contribution in [0.15, 0.2) is 12.1 Å². The zero-order chi connectivity index (χ0) is 14.5. The molecule has 0 radical (unpaired) electrons. The van der Waals surface area contributed by atoms with Crippen LogP contribution in [0.25, 0.3) is 0 Å². The lowest BCUT2D eigenvalue weighted by molar-refractivity contribution is 0.136. The van der Waals surface area contributed by atoms with Crippen LogP contribution in [-0.4, -0.2) is 38.6 Å². The second kappa shape index (κ2) is 6.81. The van der Waals surface area contributed by atoms with Crippen LogP contribution < -0.4 is 14.2 Å². The SMILES string of the molecule is CCCCOc1c(OC)cc([C@H](O)[C@@H]2CO2)cc1OC. The van der Waals surface area contributed by atoms with E-state index in [1.807, 2.05) is 0 Å². The summed E-state index contributed by atoms with van der Waals surface area (Å²) in [7, 11) is 3.15. The lowest BCUT2D eigenvalue weighted by Crippen LogP contribution is -2.07. The lowest BCUT2D eigenvalue weighted by atomic mass is 10.1. The van der Waals surface area contributed by atoms with Crippen LogP contribution in [-0.2, 0) is 4.74 Å². The van der Waals surface area contributed by atoms with Crippen molar-refractivity contribution in [1.29, 1.82) is 0 Å². The summed E-state index contributed by atoms with van der Waals surface area (Å²) in [4.78, 5) is 0. The number of hydrogen-bond donors (Lipinski definition) is 1. The highest BCUT2D eigenvalue weighted by atomic mass is 16.6. The molecule has 2 atom stereocenters. The Morgan fingerprint density at radius 3 is 2.35 bits per heavy atom. The molecule has 0 amide bonds. The Labute approximate surface area is 119 Å². The smallest absolute Gasteiger partial charge is 0.203 e. The third-order valence-electron chi connectivity index (χ3n) is 3.28. The molecule has 2 rings (SSSR count). The van der Waals surface area contributed by atoms with Crippen LogP contribution >= 0.6 is 0 Å². The summed E-state index contributed by atoms with van der Waals surface area (Å²) in [5, 5.41) is 10.1. The highest BCUT2D eigenvalue weighted by molar-refractivity contribution is 5.54. The van der Waals surface area contributed by atoms with E-state index in [4.69, 9.17) is 18.9 Å². The number of rotatable bonds is 8. The lowest BCUT2D eigenvalue weighted by Gasteiger charge is -2.17. The van der Waals surface area contributed by atoms with Gasteiger partial charge in [0.05, 0.1) is 27.4 Å². The van der Waals surface area contributed by atoms with E-state index in [0.29, 0.717) is 36.0 Å². The second-order valence-electron chi connectivity index (χ2n) is 4.77. The van der Waals surface area contributed by atoms with Gasteiger partial charge in [0, 0.05) is 0 Å². The molecular formula is C15H22O5. The van der Waals surface area contributed by atoms with Gasteiger partial charge in [-0.2, -0.15) is 0 Å². The number of benzene rings is 1. The number of methoxy groups -OCH3 is 2. The number of aliphatic hydroxyl groups excluding tert-OH is 1. The standard InChI is InChI=1S/C15H22O5/c1-4-5-6-19-15-11(17-2)7-10(8-12(15)18-3)14(16)13-9-20-13/h7-8,13-14,16H,4-6,9H2,1-3H3/t13-,14-/m0/s1. The molecule has 1 aliphatic heterocycles. The third-order valence-corrected chi connectivity index (χ3v) is 3.28. The fourth-order valence-corrected chi connectivity index (χ4v) is 1.98. The quantitative estimate of drug-likeness (QED) is 0.585. The minimum absolute atomic E-state index is 0.128. The summed E-state index contributed by atoms with van der Waals surface area (Å²) in [5.74, 6) is 1.71. The maximum Gasteiger partial charge on any atom is 0.203 e. The Bertz CT molecular complexity index is 417. The van der Waals surface area contributed by atoms with Gasteiger partial charge in [-0.3, -0.25) is 0 Å². The van der Waals surface area contributed by atoms with Crippen molar-refractivity contribution in [3.63, 3.8) is 0 Å². The van der Waals surface area contributed by atoms with Crippen molar-refractivity contribution in [2.75, 3.05) is 27.4 Å². The molecule has 1 aromatic rings. The van der Waals surface area contributed by atoms with E-state index in [1.54, 1.807) is 26.4 Å². The van der Waals surface area contributed by atoms with E-state index >= 15 is 0 Å². The first kappa shape index (κ1) is 14.9. The van der Waals surface area contributed by atoms with Gasteiger partial charge in [-0.05, 0) is 24.1 Å². The van der Waals surface area contributed by atoms with Crippen molar-refractivity contribution in [1.82, 2.24) is 0 Å². The highest BCUT2D eigenvalue weighted by Crippen LogP contribution is 2.41. The van der Waals surface area contributed by atoms with E-state index < -0.39 is 6.10 Å². The molecule has 1 saturated heterocycles. The molecule has 1 aromatic carbocycles. The molecule has 0 bridgehead atoms. The van der Waals surface area contributed by atoms with E-state index in [1.165, 1.54) is 0 Å². The summed E-state index contributed by atoms with van der Waals surface area (Å²) in [6, 6.07) is 3.55. The van der Waals surface area contributed by atoms with Crippen LogP contribution in [0.1, 0.15) is 31.4 Å². The first-order valence-corrected chi connectivity index (χ1v) is 6.89. The van der Waals surface area contributed by atoms with E-state index in [-0.39, 0.29) is 6.10 Å². The van der Waals surface area contributed by atoms with E-state index in [0.717, 1.165) is 12.8 Å². The molecule has 0 aliphatic carbocycles. The van der Waals surface area contributed by atoms with Crippen molar-refractivity contribution >= 4 is 0 Å². The number of unbranched alkanes of at least 4 members (excludes halogenated alkanes) is 1. The number of aliphatic hydroxyl groups is 1. The van der Waals surface area contributed by atoms with Gasteiger partial charge in [-0.1, -0.05) is 13.3 Å². The zero-order valence-corrected chi connectivity index (χ0v) is 12.2. The largest absolute Gasteiger partial charge is 0.493 e. The predicted octanol–water partition coefficient (Wildman–Crippen LogP) is 2.31. The molecule has 112 valence electrons. The Morgan fingerprint density at radius 2 is 1.90 bits per heavy atom. The fraction of sp³-hybridized carbons (Fsp3) is 0.600. The second-order valence-corrected chi connectivity index (χ2v) is 4.77. The maximum atomic E-state index is 10.1. The topological polar surface area (TPSA) is 60.5 Å². The van der Waals surface area contributed by atoms with Gasteiger partial charge >= 0.3 is 0 Å². The Morgan fingerprint density at radius 1 is 1.30 bits per heavy atom. The van der Waals surface area contributed by atoms with Crippen LogP contribution in [0.5, 0.6) is 17.2 Å². The van der Waals surface area contributed by atoms with Crippen molar-refractivity contribution in [3.8, 4) is 17.2 Å². The minimum atomic E-state index is -0.664. The van der Waals surface area contributed by atoms with Crippen molar-refractivity contribution in [2.45, 2.75) is 32.0 Å². The van der Waals surface area contributed by atoms with Crippen LogP contribution in [0.4, 0.5) is 0 Å². The number of hydrogen-bond acceptors (Lipinski definition) is 5. The van der Waals surface area contributed by atoms with Gasteiger partial charge in [0.15, 0.2) is 11.5 Å². The molecule has 0 saturated carbocycles. The molecule has 0 spiro atoms. The number of ether oxygens (including phenoxy) is 4. The fourth-order valence-electron chi connectivity index (χ4n) is 1.98. The molecule has 1 fully saturated rings.